The molecule has 4 atom stereocenters. The summed E-state index contributed by atoms with van der Waals surface area (Å²) in [5.74, 6) is 2.25. The van der Waals surface area contributed by atoms with Crippen LogP contribution in [0.25, 0.3) is 0 Å². The number of benzene rings is 1. The molecule has 252 valence electrons. The van der Waals surface area contributed by atoms with E-state index >= 15 is 0 Å². The van der Waals surface area contributed by atoms with E-state index in [9.17, 15) is 13.8 Å². The van der Waals surface area contributed by atoms with Gasteiger partial charge >= 0.3 is 11.9 Å². The quantitative estimate of drug-likeness (QED) is 0.0813. The van der Waals surface area contributed by atoms with Crippen LogP contribution in [0.1, 0.15) is 70.8 Å². The molecule has 7 N–H and O–H groups in total. The molecule has 1 aliphatic rings. The number of nitrogens with two attached hydrogens (primary N) is 2. The summed E-state index contributed by atoms with van der Waals surface area (Å²) in [6.45, 7) is 4.61. The number of hydrogen-bond donors (Lipinski definition) is 5. The number of unbranched alkanes of at least 4 members (excludes halogenated alkanes) is 5. The molecule has 0 aliphatic carbocycles. The summed E-state index contributed by atoms with van der Waals surface area (Å²) in [7, 11) is -0.743. The van der Waals surface area contributed by atoms with Gasteiger partial charge in [0, 0.05) is 21.8 Å². The van der Waals surface area contributed by atoms with Crippen molar-refractivity contribution in [1.82, 2.24) is 0 Å². The number of thiol groups is 1. The van der Waals surface area contributed by atoms with Crippen LogP contribution in [0.4, 0.5) is 0 Å². The summed E-state index contributed by atoms with van der Waals surface area (Å²) >= 11 is 2.62. The molecular weight excluding hydrogens is 635 g/mol. The maximum Gasteiger partial charge on any atom is 0.320 e. The van der Waals surface area contributed by atoms with E-state index < -0.39 is 46.3 Å². The van der Waals surface area contributed by atoms with E-state index in [0.717, 1.165) is 41.6 Å². The average Bonchev–Trinajstić information content (AvgIpc) is 3.45. The molecule has 0 fully saturated rings. The summed E-state index contributed by atoms with van der Waals surface area (Å²) in [6, 6.07) is 4.64. The summed E-state index contributed by atoms with van der Waals surface area (Å²) in [5, 5.41) is 16.7. The fourth-order valence-electron chi connectivity index (χ4n) is 3.46. The van der Waals surface area contributed by atoms with E-state index in [1.807, 2.05) is 30.7 Å². The molecular formula is C28H52N3O8S4-. The van der Waals surface area contributed by atoms with Crippen molar-refractivity contribution in [2.75, 3.05) is 36.6 Å². The first-order valence-electron chi connectivity index (χ1n) is 14.2. The van der Waals surface area contributed by atoms with E-state index in [0.29, 0.717) is 19.6 Å². The number of rotatable bonds is 18. The maximum atomic E-state index is 12.3. The van der Waals surface area contributed by atoms with Crippen molar-refractivity contribution in [1.29, 1.82) is 4.78 Å². The number of fused-ring (bicyclic) bond motifs is 1. The lowest BCUT2D eigenvalue weighted by Gasteiger charge is -2.12. The van der Waals surface area contributed by atoms with Crippen molar-refractivity contribution in [2.24, 2.45) is 11.5 Å². The van der Waals surface area contributed by atoms with Gasteiger partial charge in [-0.25, -0.2) is 11.5 Å². The van der Waals surface area contributed by atoms with Crippen LogP contribution >= 0.6 is 23.5 Å². The first-order chi connectivity index (χ1) is 20.5. The topological polar surface area (TPSA) is 203 Å². The second kappa shape index (κ2) is 29.2. The van der Waals surface area contributed by atoms with Crippen LogP contribution in [-0.2, 0) is 42.5 Å². The lowest BCUT2D eigenvalue weighted by atomic mass is 10.1. The number of carboxylic acid groups (broad SMARTS) is 2. The van der Waals surface area contributed by atoms with Gasteiger partial charge in [-0.05, 0) is 67.4 Å². The number of ether oxygens (including phenoxy) is 2. The van der Waals surface area contributed by atoms with E-state index in [4.69, 9.17) is 40.1 Å². The molecule has 0 saturated heterocycles. The van der Waals surface area contributed by atoms with Crippen molar-refractivity contribution in [3.63, 3.8) is 0 Å². The SMILES string of the molecule is CCCCCCCCS(=O)C(C)Cc1ccc2c(c1)OCO2.CSCCC(N)C(=O)O.CSCC[C@H](N)C(=O)O.N=[SH-]=O. The highest BCUT2D eigenvalue weighted by atomic mass is 32.2. The zero-order valence-corrected chi connectivity index (χ0v) is 29.2. The molecule has 15 heteroatoms. The monoisotopic (exact) mass is 686 g/mol. The minimum Gasteiger partial charge on any atom is -0.480 e. The van der Waals surface area contributed by atoms with Crippen LogP contribution in [-0.4, -0.2) is 80.3 Å². The molecule has 0 bridgehead atoms. The molecule has 3 unspecified atom stereocenters. The first kappa shape index (κ1) is 43.6. The number of carboxylic acids is 2. The maximum absolute atomic E-state index is 12.3. The van der Waals surface area contributed by atoms with Crippen LogP contribution < -0.4 is 20.9 Å². The van der Waals surface area contributed by atoms with Crippen molar-refractivity contribution in [2.45, 2.75) is 89.0 Å². The van der Waals surface area contributed by atoms with E-state index in [1.54, 1.807) is 23.5 Å². The third kappa shape index (κ3) is 24.5. The Bertz CT molecular complexity index is 929. The molecule has 0 aromatic heterocycles. The number of nitrogens with one attached hydrogen (secondary N) is 1. The van der Waals surface area contributed by atoms with Gasteiger partial charge in [-0.15, -0.1) is 0 Å². The average molecular weight is 687 g/mol. The Morgan fingerprint density at radius 1 is 0.977 bits per heavy atom. The van der Waals surface area contributed by atoms with Crippen molar-refractivity contribution in [3.05, 3.63) is 23.8 Å². The lowest BCUT2D eigenvalue weighted by molar-refractivity contribution is -0.139. The standard InChI is InChI=1S/C18H28O3S.2C5H11NO2S.H2NOS/c1-3-4-5-6-7-8-11-22(19)15(2)12-16-9-10-17-18(13-16)21-14-20-17;2*1-9-3-2-4(6)5(7)8;1-3-2/h9-10,13,15H,3-8,11-12,14H2,1-2H3;2*4H,2-3,6H2,1H3,(H,7,8);1,3H/q;;;-1/t;4-;;/m.0../s1. The van der Waals surface area contributed by atoms with Gasteiger partial charge in [0.15, 0.2) is 11.5 Å². The number of aliphatic carboxylic acids is 2. The fraction of sp³-hybridized carbons (Fsp3) is 0.714. The zero-order chi connectivity index (χ0) is 33.0. The fourth-order valence-corrected chi connectivity index (χ4v) is 5.70. The van der Waals surface area contributed by atoms with Gasteiger partial charge in [-0.1, -0.05) is 52.0 Å². The first-order valence-corrected chi connectivity index (χ1v) is 19.2. The Hall–Kier alpha value is -1.52. The molecule has 0 saturated carbocycles. The minimum absolute atomic E-state index is 0.191. The molecule has 1 aromatic rings. The normalized spacial score (nSPS) is 13.9. The molecule has 1 aromatic carbocycles. The summed E-state index contributed by atoms with van der Waals surface area (Å²) < 4.78 is 37.2. The second-order valence-electron chi connectivity index (χ2n) is 9.60. The predicted octanol–water partition coefficient (Wildman–Crippen LogP) is 4.67. The number of thioether (sulfide) groups is 2. The minimum atomic E-state index is -0.913. The smallest absolute Gasteiger partial charge is 0.320 e. The van der Waals surface area contributed by atoms with Gasteiger partial charge in [0.05, 0.1) is 0 Å². The number of carbonyl (C=O) groups is 2. The van der Waals surface area contributed by atoms with Gasteiger partial charge in [0.2, 0.25) is 6.79 Å². The van der Waals surface area contributed by atoms with Gasteiger partial charge in [0.1, 0.15) is 12.1 Å². The molecule has 0 spiro atoms. The highest BCUT2D eigenvalue weighted by Crippen LogP contribution is 2.33. The van der Waals surface area contributed by atoms with Crippen molar-refractivity contribution in [3.8, 4) is 11.5 Å². The molecule has 43 heavy (non-hydrogen) atoms. The van der Waals surface area contributed by atoms with Crippen LogP contribution in [0, 0.1) is 4.78 Å². The zero-order valence-electron chi connectivity index (χ0n) is 25.8. The van der Waals surface area contributed by atoms with Crippen LogP contribution in [0.3, 0.4) is 0 Å². The van der Waals surface area contributed by atoms with Gasteiger partial charge < -0.3 is 40.1 Å². The summed E-state index contributed by atoms with van der Waals surface area (Å²) in [6.07, 6.45) is 13.3. The third-order valence-corrected chi connectivity index (χ3v) is 9.05. The predicted molar refractivity (Wildman–Crippen MR) is 182 cm³/mol. The molecule has 2 rings (SSSR count). The summed E-state index contributed by atoms with van der Waals surface area (Å²) in [4.78, 5) is 20.1. The summed E-state index contributed by atoms with van der Waals surface area (Å²) in [5.41, 5.74) is 11.6. The third-order valence-electron chi connectivity index (χ3n) is 6.01. The van der Waals surface area contributed by atoms with Gasteiger partial charge in [-0.2, -0.15) is 23.5 Å². The van der Waals surface area contributed by atoms with Crippen LogP contribution in [0.2, 0.25) is 0 Å². The second-order valence-corrected chi connectivity index (χ2v) is 13.7. The highest BCUT2D eigenvalue weighted by Gasteiger charge is 2.16. The largest absolute Gasteiger partial charge is 0.480 e. The Balaban J connectivity index is 0. The highest BCUT2D eigenvalue weighted by molar-refractivity contribution is 7.98. The van der Waals surface area contributed by atoms with Crippen molar-refractivity contribution < 1.29 is 37.7 Å². The Morgan fingerprint density at radius 2 is 1.47 bits per heavy atom. The van der Waals surface area contributed by atoms with Gasteiger partial charge in [0.25, 0.3) is 0 Å². The number of hydrogen-bond acceptors (Lipinski definition) is 12. The van der Waals surface area contributed by atoms with Crippen LogP contribution in [0.5, 0.6) is 11.5 Å². The van der Waals surface area contributed by atoms with E-state index in [-0.39, 0.29) is 5.25 Å². The molecule has 0 radical (unpaired) electrons. The van der Waals surface area contributed by atoms with E-state index in [2.05, 4.69) is 13.8 Å². The Kier molecular flexibility index (Phi) is 29.6. The molecule has 0 amide bonds. The van der Waals surface area contributed by atoms with Crippen LogP contribution in [0.15, 0.2) is 18.2 Å². The lowest BCUT2D eigenvalue weighted by Crippen LogP contribution is -2.30. The van der Waals surface area contributed by atoms with E-state index in [1.165, 1.54) is 37.7 Å². The molecule has 11 nitrogen and oxygen atoms in total. The van der Waals surface area contributed by atoms with Crippen molar-refractivity contribution >= 4 is 57.7 Å². The Morgan fingerprint density at radius 3 is 1.95 bits per heavy atom. The Labute approximate surface area is 271 Å². The van der Waals surface area contributed by atoms with Gasteiger partial charge in [-0.3, -0.25) is 13.8 Å². The molecule has 1 heterocycles. The molecule has 1 aliphatic heterocycles.